The Bertz CT molecular complexity index is 1080. The molecule has 176 valence electrons. The fourth-order valence-electron chi connectivity index (χ4n) is 3.77. The number of hydrogen-bond acceptors (Lipinski definition) is 4. The lowest BCUT2D eigenvalue weighted by atomic mass is 10.0. The van der Waals surface area contributed by atoms with E-state index in [-0.39, 0.29) is 23.8 Å². The van der Waals surface area contributed by atoms with Crippen molar-refractivity contribution < 1.29 is 18.7 Å². The van der Waals surface area contributed by atoms with E-state index in [4.69, 9.17) is 4.74 Å². The van der Waals surface area contributed by atoms with Crippen molar-refractivity contribution in [3.05, 3.63) is 84.3 Å². The zero-order chi connectivity index (χ0) is 23.8. The van der Waals surface area contributed by atoms with Crippen molar-refractivity contribution in [3.63, 3.8) is 0 Å². The van der Waals surface area contributed by atoms with Crippen molar-refractivity contribution in [2.75, 3.05) is 18.4 Å². The summed E-state index contributed by atoms with van der Waals surface area (Å²) in [6, 6.07) is 18.8. The summed E-state index contributed by atoms with van der Waals surface area (Å²) in [5, 5.41) is 5.92. The van der Waals surface area contributed by atoms with E-state index in [1.54, 1.807) is 17.0 Å². The molecule has 34 heavy (non-hydrogen) atoms. The minimum absolute atomic E-state index is 0.0424. The smallest absolute Gasteiger partial charge is 0.321 e. The second-order valence-corrected chi connectivity index (χ2v) is 8.19. The number of aryl methyl sites for hydroxylation is 1. The number of pyridine rings is 1. The van der Waals surface area contributed by atoms with Gasteiger partial charge in [0.2, 0.25) is 11.8 Å². The molecule has 0 spiro atoms. The van der Waals surface area contributed by atoms with Crippen LogP contribution < -0.4 is 15.4 Å². The molecule has 2 heterocycles. The first-order chi connectivity index (χ1) is 16.5. The number of benzene rings is 2. The van der Waals surface area contributed by atoms with Crippen LogP contribution in [0.4, 0.5) is 14.9 Å². The van der Waals surface area contributed by atoms with E-state index in [2.05, 4.69) is 15.6 Å². The molecule has 0 atom stereocenters. The van der Waals surface area contributed by atoms with Gasteiger partial charge in [-0.05, 0) is 55.2 Å². The van der Waals surface area contributed by atoms with Crippen LogP contribution in [0.25, 0.3) is 0 Å². The van der Waals surface area contributed by atoms with Crippen LogP contribution in [0.15, 0.2) is 72.9 Å². The number of carbonyl (C=O) groups is 2. The van der Waals surface area contributed by atoms with Crippen LogP contribution >= 0.6 is 0 Å². The van der Waals surface area contributed by atoms with E-state index in [0.717, 1.165) is 12.0 Å². The number of aromatic nitrogens is 1. The number of anilines is 1. The lowest BCUT2D eigenvalue weighted by molar-refractivity contribution is -0.122. The maximum atomic E-state index is 13.0. The van der Waals surface area contributed by atoms with Crippen LogP contribution in [0.1, 0.15) is 24.8 Å². The summed E-state index contributed by atoms with van der Waals surface area (Å²) in [4.78, 5) is 30.8. The van der Waals surface area contributed by atoms with E-state index >= 15 is 0 Å². The minimum Gasteiger partial charge on any atom is -0.439 e. The van der Waals surface area contributed by atoms with Gasteiger partial charge in [0.05, 0.1) is 11.9 Å². The summed E-state index contributed by atoms with van der Waals surface area (Å²) in [5.41, 5.74) is 1.70. The van der Waals surface area contributed by atoms with Gasteiger partial charge in [-0.2, -0.15) is 0 Å². The highest BCUT2D eigenvalue weighted by Crippen LogP contribution is 2.21. The van der Waals surface area contributed by atoms with Gasteiger partial charge < -0.3 is 20.3 Å². The standard InChI is InChI=1S/C26H27FN4O3/c27-20-7-10-23(11-8-20)34-25-13-9-22(18-28-25)30-26(33)31-16-14-21(15-17-31)29-24(32)12-6-19-4-2-1-3-5-19/h1-5,7-11,13,18,21H,6,12,14-17H2,(H,29,32)(H,30,33). The fraction of sp³-hybridized carbons (Fsp3) is 0.269. The number of hydrogen-bond donors (Lipinski definition) is 2. The Morgan fingerprint density at radius 2 is 1.74 bits per heavy atom. The highest BCUT2D eigenvalue weighted by molar-refractivity contribution is 5.89. The van der Waals surface area contributed by atoms with Crippen molar-refractivity contribution >= 4 is 17.6 Å². The summed E-state index contributed by atoms with van der Waals surface area (Å²) in [5.74, 6) is 0.516. The monoisotopic (exact) mass is 462 g/mol. The highest BCUT2D eigenvalue weighted by Gasteiger charge is 2.24. The first kappa shape index (κ1) is 23.2. The number of rotatable bonds is 7. The van der Waals surface area contributed by atoms with Gasteiger partial charge >= 0.3 is 6.03 Å². The zero-order valence-electron chi connectivity index (χ0n) is 18.7. The number of piperidine rings is 1. The average Bonchev–Trinajstić information content (AvgIpc) is 2.86. The molecule has 0 bridgehead atoms. The summed E-state index contributed by atoms with van der Waals surface area (Å²) in [6.45, 7) is 1.13. The van der Waals surface area contributed by atoms with Gasteiger partial charge in [-0.15, -0.1) is 0 Å². The van der Waals surface area contributed by atoms with Crippen LogP contribution in [0.3, 0.4) is 0 Å². The largest absolute Gasteiger partial charge is 0.439 e. The summed E-state index contributed by atoms with van der Waals surface area (Å²) < 4.78 is 18.5. The van der Waals surface area contributed by atoms with Gasteiger partial charge in [0, 0.05) is 31.6 Å². The van der Waals surface area contributed by atoms with Crippen LogP contribution in [0.5, 0.6) is 11.6 Å². The Morgan fingerprint density at radius 1 is 1.00 bits per heavy atom. The molecular weight excluding hydrogens is 435 g/mol. The first-order valence-corrected chi connectivity index (χ1v) is 11.3. The molecule has 2 N–H and O–H groups in total. The molecule has 1 aromatic heterocycles. The molecule has 7 nitrogen and oxygen atoms in total. The van der Waals surface area contributed by atoms with Crippen LogP contribution in [0.2, 0.25) is 0 Å². The molecule has 0 unspecified atom stereocenters. The third-order valence-electron chi connectivity index (χ3n) is 5.65. The molecule has 1 saturated heterocycles. The molecule has 1 fully saturated rings. The minimum atomic E-state index is -0.340. The topological polar surface area (TPSA) is 83.6 Å². The van der Waals surface area contributed by atoms with Gasteiger partial charge in [-0.25, -0.2) is 14.2 Å². The van der Waals surface area contributed by atoms with Crippen molar-refractivity contribution in [3.8, 4) is 11.6 Å². The Morgan fingerprint density at radius 3 is 2.41 bits per heavy atom. The third kappa shape index (κ3) is 6.78. The number of urea groups is 1. The van der Waals surface area contributed by atoms with Gasteiger partial charge in [-0.1, -0.05) is 30.3 Å². The number of carbonyl (C=O) groups excluding carboxylic acids is 2. The van der Waals surface area contributed by atoms with Crippen molar-refractivity contribution in [1.82, 2.24) is 15.2 Å². The number of nitrogens with zero attached hydrogens (tertiary/aromatic N) is 2. The molecule has 8 heteroatoms. The summed E-state index contributed by atoms with van der Waals surface area (Å²) >= 11 is 0. The molecule has 1 aliphatic heterocycles. The van der Waals surface area contributed by atoms with E-state index in [9.17, 15) is 14.0 Å². The Labute approximate surface area is 198 Å². The van der Waals surface area contributed by atoms with E-state index in [0.29, 0.717) is 49.7 Å². The molecule has 1 aliphatic rings. The maximum absolute atomic E-state index is 13.0. The molecule has 0 saturated carbocycles. The Balaban J connectivity index is 1.18. The molecule has 3 amide bonds. The third-order valence-corrected chi connectivity index (χ3v) is 5.65. The average molecular weight is 463 g/mol. The zero-order valence-corrected chi connectivity index (χ0v) is 18.7. The molecule has 0 radical (unpaired) electrons. The second-order valence-electron chi connectivity index (χ2n) is 8.19. The quantitative estimate of drug-likeness (QED) is 0.530. The van der Waals surface area contributed by atoms with Crippen LogP contribution in [0, 0.1) is 5.82 Å². The van der Waals surface area contributed by atoms with Gasteiger partial charge in [0.25, 0.3) is 0 Å². The lowest BCUT2D eigenvalue weighted by Crippen LogP contribution is -2.47. The maximum Gasteiger partial charge on any atom is 0.321 e. The number of ether oxygens (including phenoxy) is 1. The molecule has 0 aliphatic carbocycles. The van der Waals surface area contributed by atoms with Crippen molar-refractivity contribution in [1.29, 1.82) is 0 Å². The van der Waals surface area contributed by atoms with E-state index < -0.39 is 0 Å². The SMILES string of the molecule is O=C(CCc1ccccc1)NC1CCN(C(=O)Nc2ccc(Oc3ccc(F)cc3)nc2)CC1. The summed E-state index contributed by atoms with van der Waals surface area (Å²) in [6.07, 6.45) is 4.12. The van der Waals surface area contributed by atoms with E-state index in [1.165, 1.54) is 30.5 Å². The number of halogens is 1. The predicted molar refractivity (Wildman–Crippen MR) is 127 cm³/mol. The molecule has 2 aromatic carbocycles. The first-order valence-electron chi connectivity index (χ1n) is 11.3. The van der Waals surface area contributed by atoms with Gasteiger partial charge in [0.1, 0.15) is 11.6 Å². The van der Waals surface area contributed by atoms with Crippen LogP contribution in [-0.4, -0.2) is 41.0 Å². The van der Waals surface area contributed by atoms with Crippen LogP contribution in [-0.2, 0) is 11.2 Å². The highest BCUT2D eigenvalue weighted by atomic mass is 19.1. The number of amides is 3. The lowest BCUT2D eigenvalue weighted by Gasteiger charge is -2.32. The second kappa shape index (κ2) is 11.3. The molecule has 4 rings (SSSR count). The number of nitrogens with one attached hydrogen (secondary N) is 2. The normalized spacial score (nSPS) is 13.9. The fourth-order valence-corrected chi connectivity index (χ4v) is 3.77. The van der Waals surface area contributed by atoms with E-state index in [1.807, 2.05) is 30.3 Å². The molecule has 3 aromatic rings. The predicted octanol–water partition coefficient (Wildman–Crippen LogP) is 4.76. The Hall–Kier alpha value is -3.94. The van der Waals surface area contributed by atoms with Gasteiger partial charge in [0.15, 0.2) is 0 Å². The molecular formula is C26H27FN4O3. The van der Waals surface area contributed by atoms with Crippen molar-refractivity contribution in [2.24, 2.45) is 0 Å². The summed E-state index contributed by atoms with van der Waals surface area (Å²) in [7, 11) is 0. The van der Waals surface area contributed by atoms with Crippen molar-refractivity contribution in [2.45, 2.75) is 31.7 Å². The number of likely N-dealkylation sites (tertiary alicyclic amines) is 1. The Kier molecular flexibility index (Phi) is 7.70. The van der Waals surface area contributed by atoms with Gasteiger partial charge in [-0.3, -0.25) is 4.79 Å².